The van der Waals surface area contributed by atoms with Gasteiger partial charge in [0.1, 0.15) is 28.6 Å². The second kappa shape index (κ2) is 8.76. The molecule has 0 saturated carbocycles. The number of carbonyl (C=O) groups is 1. The predicted molar refractivity (Wildman–Crippen MR) is 117 cm³/mol. The van der Waals surface area contributed by atoms with Crippen molar-refractivity contribution in [1.82, 2.24) is 20.3 Å². The number of carbonyl (C=O) groups excluding carboxylic acids is 1. The van der Waals surface area contributed by atoms with Gasteiger partial charge in [0.25, 0.3) is 0 Å². The molecular formula is C23H25F3N4O3. The SMILES string of the molecule is C=CCNC(=O)OC(C)c1cc(-n2nc3ccc(C(F)(F)F)cc3n2)c(O)c(C(C)(C)C)c1. The average molecular weight is 462 g/mol. The minimum Gasteiger partial charge on any atom is -0.505 e. The number of nitrogens with one attached hydrogen (secondary N) is 1. The molecule has 3 rings (SSSR count). The Morgan fingerprint density at radius 2 is 1.88 bits per heavy atom. The van der Waals surface area contributed by atoms with Crippen LogP contribution in [-0.4, -0.2) is 32.7 Å². The Labute approximate surface area is 188 Å². The van der Waals surface area contributed by atoms with E-state index >= 15 is 0 Å². The topological polar surface area (TPSA) is 89.3 Å². The van der Waals surface area contributed by atoms with E-state index in [1.165, 1.54) is 12.1 Å². The lowest BCUT2D eigenvalue weighted by atomic mass is 9.84. The Balaban J connectivity index is 2.10. The number of amides is 1. The number of fused-ring (bicyclic) bond motifs is 1. The number of phenols is 1. The third kappa shape index (κ3) is 5.27. The van der Waals surface area contributed by atoms with Crippen LogP contribution in [0.1, 0.15) is 50.5 Å². The molecule has 0 spiro atoms. The van der Waals surface area contributed by atoms with Crippen LogP contribution in [0.2, 0.25) is 0 Å². The Bertz CT molecular complexity index is 1200. The van der Waals surface area contributed by atoms with E-state index in [0.29, 0.717) is 11.1 Å². The molecule has 1 aromatic heterocycles. The molecule has 10 heteroatoms. The van der Waals surface area contributed by atoms with Crippen LogP contribution in [0.4, 0.5) is 18.0 Å². The van der Waals surface area contributed by atoms with E-state index < -0.39 is 29.4 Å². The highest BCUT2D eigenvalue weighted by atomic mass is 19.4. The van der Waals surface area contributed by atoms with Crippen molar-refractivity contribution in [3.8, 4) is 11.4 Å². The zero-order valence-electron chi connectivity index (χ0n) is 18.7. The van der Waals surface area contributed by atoms with Crippen LogP contribution in [0.3, 0.4) is 0 Å². The number of aromatic nitrogens is 3. The number of halogens is 3. The number of alkyl halides is 3. The van der Waals surface area contributed by atoms with Crippen molar-refractivity contribution < 1.29 is 27.8 Å². The first-order valence-electron chi connectivity index (χ1n) is 10.2. The maximum Gasteiger partial charge on any atom is 0.416 e. The Kier molecular flexibility index (Phi) is 6.40. The summed E-state index contributed by atoms with van der Waals surface area (Å²) in [6, 6.07) is 6.31. The number of benzene rings is 2. The van der Waals surface area contributed by atoms with Crippen LogP contribution < -0.4 is 5.32 Å². The van der Waals surface area contributed by atoms with Gasteiger partial charge in [-0.3, -0.25) is 0 Å². The third-order valence-corrected chi connectivity index (χ3v) is 4.99. The first kappa shape index (κ1) is 24.1. The molecule has 1 heterocycles. The molecule has 1 amide bonds. The fraction of sp³-hybridized carbons (Fsp3) is 0.348. The summed E-state index contributed by atoms with van der Waals surface area (Å²) < 4.78 is 44.6. The second-order valence-electron chi connectivity index (χ2n) is 8.59. The van der Waals surface area contributed by atoms with Gasteiger partial charge in [-0.25, -0.2) is 4.79 Å². The summed E-state index contributed by atoms with van der Waals surface area (Å²) in [6.07, 6.45) is -4.34. The van der Waals surface area contributed by atoms with Crippen molar-refractivity contribution in [1.29, 1.82) is 0 Å². The van der Waals surface area contributed by atoms with Gasteiger partial charge in [-0.2, -0.15) is 13.2 Å². The van der Waals surface area contributed by atoms with Gasteiger partial charge in [0.2, 0.25) is 0 Å². The standard InChI is InChI=1S/C23H25F3N4O3/c1-6-9-27-21(32)33-13(2)14-10-16(22(3,4)5)20(31)19(11-14)30-28-17-8-7-15(23(24,25)26)12-18(17)29-30/h6-8,10-13,31H,1,9H2,2-5H3,(H,27,32). The van der Waals surface area contributed by atoms with Gasteiger partial charge >= 0.3 is 12.3 Å². The minimum atomic E-state index is -4.52. The van der Waals surface area contributed by atoms with Gasteiger partial charge in [0.05, 0.1) is 5.56 Å². The van der Waals surface area contributed by atoms with Crippen molar-refractivity contribution in [2.24, 2.45) is 0 Å². The maximum absolute atomic E-state index is 13.1. The molecule has 0 aliphatic carbocycles. The van der Waals surface area contributed by atoms with Gasteiger partial charge in [0, 0.05) is 12.1 Å². The second-order valence-corrected chi connectivity index (χ2v) is 8.59. The molecule has 0 aliphatic rings. The summed E-state index contributed by atoms with van der Waals surface area (Å²) in [5.74, 6) is -0.120. The molecule has 0 radical (unpaired) electrons. The fourth-order valence-corrected chi connectivity index (χ4v) is 3.22. The van der Waals surface area contributed by atoms with Crippen LogP contribution in [0.5, 0.6) is 5.75 Å². The molecule has 0 bridgehead atoms. The highest BCUT2D eigenvalue weighted by molar-refractivity contribution is 5.75. The molecule has 2 aromatic carbocycles. The fourth-order valence-electron chi connectivity index (χ4n) is 3.22. The molecule has 1 unspecified atom stereocenters. The van der Waals surface area contributed by atoms with Gasteiger partial charge < -0.3 is 15.2 Å². The van der Waals surface area contributed by atoms with Gasteiger partial charge in [0.15, 0.2) is 0 Å². The van der Waals surface area contributed by atoms with E-state index in [4.69, 9.17) is 4.74 Å². The first-order valence-corrected chi connectivity index (χ1v) is 10.2. The van der Waals surface area contributed by atoms with Crippen molar-refractivity contribution >= 4 is 17.1 Å². The maximum atomic E-state index is 13.1. The molecule has 0 aliphatic heterocycles. The molecule has 0 saturated heterocycles. The smallest absolute Gasteiger partial charge is 0.416 e. The molecule has 33 heavy (non-hydrogen) atoms. The van der Waals surface area contributed by atoms with E-state index in [-0.39, 0.29) is 29.0 Å². The van der Waals surface area contributed by atoms with Crippen molar-refractivity contribution in [3.63, 3.8) is 0 Å². The summed E-state index contributed by atoms with van der Waals surface area (Å²) in [4.78, 5) is 13.1. The summed E-state index contributed by atoms with van der Waals surface area (Å²) in [5.41, 5.74) is 0.161. The van der Waals surface area contributed by atoms with E-state index in [2.05, 4.69) is 22.1 Å². The lowest BCUT2D eigenvalue weighted by Gasteiger charge is -2.24. The Morgan fingerprint density at radius 1 is 1.21 bits per heavy atom. The number of ether oxygens (including phenoxy) is 1. The zero-order chi connectivity index (χ0) is 24.6. The van der Waals surface area contributed by atoms with Crippen molar-refractivity contribution in [3.05, 3.63) is 59.7 Å². The molecule has 176 valence electrons. The number of alkyl carbamates (subject to hydrolysis) is 1. The largest absolute Gasteiger partial charge is 0.505 e. The molecule has 1 atom stereocenters. The number of aromatic hydroxyl groups is 1. The van der Waals surface area contributed by atoms with Crippen LogP contribution in [0.25, 0.3) is 16.7 Å². The number of rotatable bonds is 5. The Hall–Kier alpha value is -3.56. The third-order valence-electron chi connectivity index (χ3n) is 4.99. The van der Waals surface area contributed by atoms with Crippen LogP contribution in [0.15, 0.2) is 43.0 Å². The van der Waals surface area contributed by atoms with Gasteiger partial charge in [-0.15, -0.1) is 21.6 Å². The minimum absolute atomic E-state index is 0.0278. The van der Waals surface area contributed by atoms with Gasteiger partial charge in [-0.05, 0) is 48.2 Å². The first-order chi connectivity index (χ1) is 15.3. The van der Waals surface area contributed by atoms with E-state index in [1.807, 2.05) is 20.8 Å². The molecular weight excluding hydrogens is 437 g/mol. The molecule has 3 aromatic rings. The van der Waals surface area contributed by atoms with Crippen LogP contribution >= 0.6 is 0 Å². The number of hydrogen-bond acceptors (Lipinski definition) is 5. The monoisotopic (exact) mass is 462 g/mol. The summed E-state index contributed by atoms with van der Waals surface area (Å²) >= 11 is 0. The lowest BCUT2D eigenvalue weighted by molar-refractivity contribution is -0.137. The molecule has 2 N–H and O–H groups in total. The van der Waals surface area contributed by atoms with Crippen LogP contribution in [-0.2, 0) is 16.3 Å². The highest BCUT2D eigenvalue weighted by Crippen LogP contribution is 2.38. The Morgan fingerprint density at radius 3 is 2.48 bits per heavy atom. The highest BCUT2D eigenvalue weighted by Gasteiger charge is 2.31. The number of nitrogens with zero attached hydrogens (tertiary/aromatic N) is 3. The number of phenolic OH excluding ortho intramolecular Hbond substituents is 1. The van der Waals surface area contributed by atoms with Gasteiger partial charge in [-0.1, -0.05) is 26.8 Å². The zero-order valence-corrected chi connectivity index (χ0v) is 18.7. The molecule has 7 nitrogen and oxygen atoms in total. The summed E-state index contributed by atoms with van der Waals surface area (Å²) in [6.45, 7) is 11.1. The summed E-state index contributed by atoms with van der Waals surface area (Å²) in [7, 11) is 0. The van der Waals surface area contributed by atoms with E-state index in [0.717, 1.165) is 16.9 Å². The molecule has 0 fully saturated rings. The predicted octanol–water partition coefficient (Wildman–Crippen LogP) is 5.42. The average Bonchev–Trinajstić information content (AvgIpc) is 3.13. The lowest BCUT2D eigenvalue weighted by Crippen LogP contribution is -2.25. The van der Waals surface area contributed by atoms with Crippen molar-refractivity contribution in [2.45, 2.75) is 45.4 Å². The summed E-state index contributed by atoms with van der Waals surface area (Å²) in [5, 5.41) is 21.9. The van der Waals surface area contributed by atoms with Crippen molar-refractivity contribution in [2.75, 3.05) is 6.54 Å². The van der Waals surface area contributed by atoms with E-state index in [9.17, 15) is 23.1 Å². The quantitative estimate of drug-likeness (QED) is 0.495. The van der Waals surface area contributed by atoms with E-state index in [1.54, 1.807) is 19.1 Å². The normalized spacial score (nSPS) is 13.1. The van der Waals surface area contributed by atoms with Crippen LogP contribution in [0, 0.1) is 0 Å². The number of hydrogen-bond donors (Lipinski definition) is 2.